The fraction of sp³-hybridized carbons (Fsp3) is 0. The molecule has 3 aromatic heterocycles. The van der Waals surface area contributed by atoms with Gasteiger partial charge in [-0.05, 0) is 76.3 Å². The van der Waals surface area contributed by atoms with Crippen LogP contribution in [0.1, 0.15) is 0 Å². The van der Waals surface area contributed by atoms with Crippen molar-refractivity contribution in [3.8, 4) is 67.5 Å². The Morgan fingerprint density at radius 1 is 0.286 bits per heavy atom. The first-order valence-corrected chi connectivity index (χ1v) is 18.7. The third-order valence-corrected chi connectivity index (χ3v) is 10.5. The molecule has 5 nitrogen and oxygen atoms in total. The highest BCUT2D eigenvalue weighted by atomic mass is 16.3. The molecule has 0 amide bonds. The molecular formula is C51H31N3O2. The van der Waals surface area contributed by atoms with E-state index in [1.807, 2.05) is 66.7 Å². The van der Waals surface area contributed by atoms with Gasteiger partial charge in [-0.25, -0.2) is 15.0 Å². The zero-order chi connectivity index (χ0) is 37.0. The predicted molar refractivity (Wildman–Crippen MR) is 227 cm³/mol. The topological polar surface area (TPSA) is 65.0 Å². The summed E-state index contributed by atoms with van der Waals surface area (Å²) in [6.07, 6.45) is 0. The number of fused-ring (bicyclic) bond motifs is 6. The largest absolute Gasteiger partial charge is 0.456 e. The molecule has 3 heterocycles. The molecule has 262 valence electrons. The van der Waals surface area contributed by atoms with Gasteiger partial charge in [-0.15, -0.1) is 0 Å². The van der Waals surface area contributed by atoms with Crippen molar-refractivity contribution < 1.29 is 8.83 Å². The Kier molecular flexibility index (Phi) is 7.42. The maximum Gasteiger partial charge on any atom is 0.164 e. The van der Waals surface area contributed by atoms with Gasteiger partial charge in [0, 0.05) is 43.8 Å². The molecule has 0 N–H and O–H groups in total. The van der Waals surface area contributed by atoms with E-state index in [0.717, 1.165) is 93.9 Å². The molecule has 0 saturated carbocycles. The number of para-hydroxylation sites is 2. The van der Waals surface area contributed by atoms with Crippen LogP contribution in [0, 0.1) is 0 Å². The van der Waals surface area contributed by atoms with Gasteiger partial charge in [0.1, 0.15) is 22.3 Å². The Balaban J connectivity index is 1.22. The SMILES string of the molecule is c1ccc(-c2cc(-c3ccccc3)cc(-c3nc(-c4cccc5oc6ccccc6c45)nc(-c4ccc(-c5ccccc5)c5oc6ccccc6c45)n3)c2)cc1. The van der Waals surface area contributed by atoms with Crippen LogP contribution in [-0.2, 0) is 0 Å². The second-order valence-electron chi connectivity index (χ2n) is 13.9. The van der Waals surface area contributed by atoms with Crippen molar-refractivity contribution in [3.63, 3.8) is 0 Å². The van der Waals surface area contributed by atoms with E-state index in [4.69, 9.17) is 23.8 Å². The Hall–Kier alpha value is -7.63. The Bertz CT molecular complexity index is 3180. The molecule has 0 aliphatic rings. The van der Waals surface area contributed by atoms with Gasteiger partial charge >= 0.3 is 0 Å². The van der Waals surface area contributed by atoms with Gasteiger partial charge in [0.2, 0.25) is 0 Å². The molecule has 8 aromatic carbocycles. The summed E-state index contributed by atoms with van der Waals surface area (Å²) in [5, 5.41) is 3.93. The highest BCUT2D eigenvalue weighted by molar-refractivity contribution is 6.16. The summed E-state index contributed by atoms with van der Waals surface area (Å²) in [7, 11) is 0. The lowest BCUT2D eigenvalue weighted by Crippen LogP contribution is -2.01. The van der Waals surface area contributed by atoms with Gasteiger partial charge < -0.3 is 8.83 Å². The number of aromatic nitrogens is 3. The lowest BCUT2D eigenvalue weighted by molar-refractivity contribution is 0.669. The molecule has 5 heteroatoms. The Labute approximate surface area is 322 Å². The summed E-state index contributed by atoms with van der Waals surface area (Å²) in [5.41, 5.74) is 12.3. The summed E-state index contributed by atoms with van der Waals surface area (Å²) >= 11 is 0. The minimum absolute atomic E-state index is 0.553. The fourth-order valence-corrected chi connectivity index (χ4v) is 7.92. The van der Waals surface area contributed by atoms with Crippen LogP contribution >= 0.6 is 0 Å². The minimum Gasteiger partial charge on any atom is -0.456 e. The summed E-state index contributed by atoms with van der Waals surface area (Å²) < 4.78 is 13.0. The smallest absolute Gasteiger partial charge is 0.164 e. The van der Waals surface area contributed by atoms with E-state index in [-0.39, 0.29) is 0 Å². The van der Waals surface area contributed by atoms with Gasteiger partial charge in [-0.2, -0.15) is 0 Å². The number of nitrogens with zero attached hydrogens (tertiary/aromatic N) is 3. The van der Waals surface area contributed by atoms with Gasteiger partial charge in [0.15, 0.2) is 17.5 Å². The van der Waals surface area contributed by atoms with Crippen molar-refractivity contribution in [2.45, 2.75) is 0 Å². The standard InChI is InChI=1S/C51H31N3O2/c1-4-15-32(16-5-1)35-29-36(33-17-6-2-7-18-33)31-37(30-35)49-52-50(41-23-14-26-45-46(41)39-21-10-12-24-43(39)55-45)54-51(53-49)42-28-27-38(34-19-8-3-9-20-34)48-47(42)40-22-11-13-25-44(40)56-48/h1-31H. The van der Waals surface area contributed by atoms with E-state index in [1.54, 1.807) is 0 Å². The first-order valence-electron chi connectivity index (χ1n) is 18.7. The first-order chi connectivity index (χ1) is 27.7. The molecule has 0 aliphatic heterocycles. The zero-order valence-corrected chi connectivity index (χ0v) is 30.1. The van der Waals surface area contributed by atoms with Gasteiger partial charge in [-0.3, -0.25) is 0 Å². The van der Waals surface area contributed by atoms with Crippen molar-refractivity contribution in [1.82, 2.24) is 15.0 Å². The molecule has 56 heavy (non-hydrogen) atoms. The number of hydrogen-bond acceptors (Lipinski definition) is 5. The van der Waals surface area contributed by atoms with E-state index in [0.29, 0.717) is 17.5 Å². The fourth-order valence-electron chi connectivity index (χ4n) is 7.92. The molecule has 0 fully saturated rings. The molecule has 11 aromatic rings. The van der Waals surface area contributed by atoms with E-state index < -0.39 is 0 Å². The van der Waals surface area contributed by atoms with Crippen molar-refractivity contribution in [2.24, 2.45) is 0 Å². The lowest BCUT2D eigenvalue weighted by Gasteiger charge is -2.13. The molecule has 0 saturated heterocycles. The van der Waals surface area contributed by atoms with Crippen molar-refractivity contribution >= 4 is 43.9 Å². The Morgan fingerprint density at radius 3 is 1.39 bits per heavy atom. The minimum atomic E-state index is 0.553. The third-order valence-electron chi connectivity index (χ3n) is 10.5. The lowest BCUT2D eigenvalue weighted by atomic mass is 9.95. The second kappa shape index (κ2) is 13.0. The maximum atomic E-state index is 6.67. The third kappa shape index (κ3) is 5.37. The molecular weight excluding hydrogens is 687 g/mol. The van der Waals surface area contributed by atoms with Crippen molar-refractivity contribution in [3.05, 3.63) is 188 Å². The number of furan rings is 2. The van der Waals surface area contributed by atoms with Crippen LogP contribution in [0.5, 0.6) is 0 Å². The summed E-state index contributed by atoms with van der Waals surface area (Å²) in [6.45, 7) is 0. The molecule has 0 radical (unpaired) electrons. The van der Waals surface area contributed by atoms with Gasteiger partial charge in [-0.1, -0.05) is 140 Å². The first kappa shape index (κ1) is 31.9. The predicted octanol–water partition coefficient (Wildman–Crippen LogP) is 13.7. The molecule has 0 unspecified atom stereocenters. The maximum absolute atomic E-state index is 6.67. The van der Waals surface area contributed by atoms with Crippen molar-refractivity contribution in [1.29, 1.82) is 0 Å². The normalized spacial score (nSPS) is 11.6. The number of hydrogen-bond donors (Lipinski definition) is 0. The van der Waals surface area contributed by atoms with E-state index in [1.165, 1.54) is 0 Å². The average Bonchev–Trinajstić information content (AvgIpc) is 3.86. The number of rotatable bonds is 6. The van der Waals surface area contributed by atoms with Crippen LogP contribution in [0.4, 0.5) is 0 Å². The number of benzene rings is 8. The van der Waals surface area contributed by atoms with Gasteiger partial charge in [0.25, 0.3) is 0 Å². The zero-order valence-electron chi connectivity index (χ0n) is 30.1. The summed E-state index contributed by atoms with van der Waals surface area (Å²) in [6, 6.07) is 64.5. The van der Waals surface area contributed by atoms with E-state index in [9.17, 15) is 0 Å². The van der Waals surface area contributed by atoms with Crippen LogP contribution in [0.25, 0.3) is 111 Å². The Morgan fingerprint density at radius 2 is 0.750 bits per heavy atom. The quantitative estimate of drug-likeness (QED) is 0.171. The highest BCUT2D eigenvalue weighted by Crippen LogP contribution is 2.43. The van der Waals surface area contributed by atoms with Crippen LogP contribution in [0.3, 0.4) is 0 Å². The van der Waals surface area contributed by atoms with Crippen molar-refractivity contribution in [2.75, 3.05) is 0 Å². The van der Waals surface area contributed by atoms with Crippen LogP contribution in [0.2, 0.25) is 0 Å². The second-order valence-corrected chi connectivity index (χ2v) is 13.9. The van der Waals surface area contributed by atoms with E-state index >= 15 is 0 Å². The average molecular weight is 718 g/mol. The molecule has 0 spiro atoms. The molecule has 0 atom stereocenters. The van der Waals surface area contributed by atoms with Crippen LogP contribution in [0.15, 0.2) is 197 Å². The molecule has 0 bridgehead atoms. The monoisotopic (exact) mass is 717 g/mol. The van der Waals surface area contributed by atoms with Gasteiger partial charge in [0.05, 0.1) is 0 Å². The van der Waals surface area contributed by atoms with Crippen LogP contribution in [-0.4, -0.2) is 15.0 Å². The summed E-state index contributed by atoms with van der Waals surface area (Å²) in [4.78, 5) is 16.0. The molecule has 11 rings (SSSR count). The summed E-state index contributed by atoms with van der Waals surface area (Å²) in [5.74, 6) is 1.68. The molecule has 0 aliphatic carbocycles. The van der Waals surface area contributed by atoms with E-state index in [2.05, 4.69) is 121 Å². The highest BCUT2D eigenvalue weighted by Gasteiger charge is 2.22. The van der Waals surface area contributed by atoms with Crippen LogP contribution < -0.4 is 0 Å².